The van der Waals surface area contributed by atoms with Crippen LogP contribution in [0.3, 0.4) is 0 Å². The molecule has 2 heterocycles. The molecular weight excluding hydrogens is 373 g/mol. The Kier molecular flexibility index (Phi) is 4.20. The van der Waals surface area contributed by atoms with Crippen LogP contribution in [0.5, 0.6) is 0 Å². The molecule has 2 aromatic heterocycles. The fourth-order valence-corrected chi connectivity index (χ4v) is 5.04. The number of anilines is 1. The average Bonchev–Trinajstić information content (AvgIpc) is 3.28. The van der Waals surface area contributed by atoms with Gasteiger partial charge in [0.1, 0.15) is 16.6 Å². The van der Waals surface area contributed by atoms with Gasteiger partial charge >= 0.3 is 0 Å². The molecule has 0 saturated carbocycles. The van der Waals surface area contributed by atoms with Gasteiger partial charge in [-0.15, -0.1) is 11.3 Å². The number of amides is 1. The maximum atomic E-state index is 13.2. The highest BCUT2D eigenvalue weighted by Gasteiger charge is 2.25. The lowest BCUT2D eigenvalue weighted by atomic mass is 9.95. The second-order valence-corrected chi connectivity index (χ2v) is 8.08. The average molecular weight is 391 g/mol. The van der Waals surface area contributed by atoms with E-state index in [0.29, 0.717) is 5.56 Å². The van der Waals surface area contributed by atoms with Gasteiger partial charge in [-0.3, -0.25) is 4.79 Å². The lowest BCUT2D eigenvalue weighted by Crippen LogP contribution is -2.11. The zero-order valence-electron chi connectivity index (χ0n) is 15.1. The molecule has 0 fully saturated rings. The van der Waals surface area contributed by atoms with Gasteiger partial charge in [0.15, 0.2) is 0 Å². The number of fused-ring (bicyclic) bond motifs is 2. The Bertz CT molecular complexity index is 1140. The van der Waals surface area contributed by atoms with Crippen LogP contribution >= 0.6 is 11.3 Å². The summed E-state index contributed by atoms with van der Waals surface area (Å²) in [6.07, 6.45) is 4.32. The van der Waals surface area contributed by atoms with Crippen molar-refractivity contribution in [3.8, 4) is 11.4 Å². The molecule has 140 valence electrons. The Morgan fingerprint density at radius 1 is 1.07 bits per heavy atom. The summed E-state index contributed by atoms with van der Waals surface area (Å²) in [5.74, 6) is 0.192. The summed E-state index contributed by atoms with van der Waals surface area (Å²) in [5, 5.41) is 3.85. The molecule has 0 atom stereocenters. The van der Waals surface area contributed by atoms with Crippen LogP contribution < -0.4 is 5.32 Å². The molecule has 0 aliphatic heterocycles. The summed E-state index contributed by atoms with van der Waals surface area (Å²) >= 11 is 1.63. The number of H-pyrrole nitrogens is 1. The Morgan fingerprint density at radius 2 is 1.86 bits per heavy atom. The van der Waals surface area contributed by atoms with Crippen molar-refractivity contribution in [2.45, 2.75) is 25.7 Å². The molecule has 0 unspecified atom stereocenters. The van der Waals surface area contributed by atoms with Crippen molar-refractivity contribution in [2.24, 2.45) is 0 Å². The molecule has 4 aromatic rings. The quantitative estimate of drug-likeness (QED) is 0.480. The van der Waals surface area contributed by atoms with Crippen molar-refractivity contribution >= 4 is 33.3 Å². The second kappa shape index (κ2) is 6.87. The number of carbonyl (C=O) groups is 1. The number of aromatic amines is 1. The molecule has 0 bridgehead atoms. The Labute approximate surface area is 165 Å². The molecular formula is C22H18FN3OS. The van der Waals surface area contributed by atoms with Crippen LogP contribution in [0, 0.1) is 5.82 Å². The number of thiophene rings is 1. The third-order valence-corrected chi connectivity index (χ3v) is 6.34. The van der Waals surface area contributed by atoms with Gasteiger partial charge in [-0.05, 0) is 67.6 Å². The van der Waals surface area contributed by atoms with Gasteiger partial charge in [-0.1, -0.05) is 12.1 Å². The number of benzene rings is 2. The van der Waals surface area contributed by atoms with Crippen LogP contribution in [0.15, 0.2) is 48.5 Å². The SMILES string of the molecule is O=C(Nc1sc2c(c1-c1nc3ccccc3[nH]1)CCCC2)c1ccc(F)cc1. The molecule has 5 rings (SSSR count). The Hall–Kier alpha value is -2.99. The number of hydrogen-bond acceptors (Lipinski definition) is 3. The molecule has 1 aliphatic rings. The predicted molar refractivity (Wildman–Crippen MR) is 110 cm³/mol. The van der Waals surface area contributed by atoms with Gasteiger partial charge in [-0.25, -0.2) is 9.37 Å². The number of hydrogen-bond donors (Lipinski definition) is 2. The summed E-state index contributed by atoms with van der Waals surface area (Å²) in [6, 6.07) is 13.5. The number of imidazole rings is 1. The topological polar surface area (TPSA) is 57.8 Å². The minimum atomic E-state index is -0.355. The minimum absolute atomic E-state index is 0.240. The standard InChI is InChI=1S/C22H18FN3OS/c23-14-11-9-13(10-12-14)21(27)26-22-19(15-5-1-4-8-18(15)28-22)20-24-16-6-2-3-7-17(16)25-20/h2-3,6-7,9-12H,1,4-5,8H2,(H,24,25)(H,26,27). The van der Waals surface area contributed by atoms with Gasteiger partial charge in [0.2, 0.25) is 0 Å². The van der Waals surface area contributed by atoms with E-state index in [1.54, 1.807) is 11.3 Å². The maximum absolute atomic E-state index is 13.2. The Morgan fingerprint density at radius 3 is 2.68 bits per heavy atom. The van der Waals surface area contributed by atoms with Crippen LogP contribution in [0.2, 0.25) is 0 Å². The smallest absolute Gasteiger partial charge is 0.256 e. The van der Waals surface area contributed by atoms with Crippen LogP contribution in [0.25, 0.3) is 22.4 Å². The van der Waals surface area contributed by atoms with Gasteiger partial charge in [0.05, 0.1) is 16.6 Å². The van der Waals surface area contributed by atoms with Crippen molar-refractivity contribution in [3.63, 3.8) is 0 Å². The summed E-state index contributed by atoms with van der Waals surface area (Å²) in [5.41, 5.74) is 4.59. The lowest BCUT2D eigenvalue weighted by molar-refractivity contribution is 0.102. The van der Waals surface area contributed by atoms with E-state index in [-0.39, 0.29) is 11.7 Å². The summed E-state index contributed by atoms with van der Waals surface area (Å²) < 4.78 is 13.2. The second-order valence-electron chi connectivity index (χ2n) is 6.98. The van der Waals surface area contributed by atoms with E-state index in [1.165, 1.54) is 41.1 Å². The number of aryl methyl sites for hydroxylation is 1. The molecule has 0 saturated heterocycles. The predicted octanol–water partition coefficient (Wildman–Crippen LogP) is 5.56. The van der Waals surface area contributed by atoms with E-state index < -0.39 is 0 Å². The van der Waals surface area contributed by atoms with Crippen molar-refractivity contribution in [1.82, 2.24) is 9.97 Å². The third kappa shape index (κ3) is 2.99. The van der Waals surface area contributed by atoms with Gasteiger partial charge in [0, 0.05) is 10.4 Å². The van der Waals surface area contributed by atoms with Gasteiger partial charge in [-0.2, -0.15) is 0 Å². The van der Waals surface area contributed by atoms with E-state index in [2.05, 4.69) is 10.3 Å². The van der Waals surface area contributed by atoms with Crippen LogP contribution in [-0.2, 0) is 12.8 Å². The van der Waals surface area contributed by atoms with E-state index >= 15 is 0 Å². The van der Waals surface area contributed by atoms with Gasteiger partial charge in [0.25, 0.3) is 5.91 Å². The number of nitrogens with zero attached hydrogens (tertiary/aromatic N) is 1. The minimum Gasteiger partial charge on any atom is -0.338 e. The molecule has 1 amide bonds. The first-order valence-corrected chi connectivity index (χ1v) is 10.2. The number of rotatable bonds is 3. The molecule has 4 nitrogen and oxygen atoms in total. The van der Waals surface area contributed by atoms with Crippen molar-refractivity contribution in [2.75, 3.05) is 5.32 Å². The maximum Gasteiger partial charge on any atom is 0.256 e. The van der Waals surface area contributed by atoms with Crippen LogP contribution in [0.4, 0.5) is 9.39 Å². The van der Waals surface area contributed by atoms with Crippen LogP contribution in [-0.4, -0.2) is 15.9 Å². The highest BCUT2D eigenvalue weighted by atomic mass is 32.1. The van der Waals surface area contributed by atoms with Crippen molar-refractivity contribution in [3.05, 3.63) is 70.4 Å². The number of nitrogens with one attached hydrogen (secondary N) is 2. The first-order valence-electron chi connectivity index (χ1n) is 9.35. The fraction of sp³-hybridized carbons (Fsp3) is 0.182. The molecule has 6 heteroatoms. The van der Waals surface area contributed by atoms with E-state index in [1.807, 2.05) is 24.3 Å². The fourth-order valence-electron chi connectivity index (χ4n) is 3.75. The summed E-state index contributed by atoms with van der Waals surface area (Å²) in [6.45, 7) is 0. The molecule has 0 radical (unpaired) electrons. The highest BCUT2D eigenvalue weighted by molar-refractivity contribution is 7.17. The van der Waals surface area contributed by atoms with E-state index in [9.17, 15) is 9.18 Å². The summed E-state index contributed by atoms with van der Waals surface area (Å²) in [4.78, 5) is 22.2. The molecule has 0 spiro atoms. The number of carbonyl (C=O) groups excluding carboxylic acids is 1. The normalized spacial score (nSPS) is 13.5. The monoisotopic (exact) mass is 391 g/mol. The first kappa shape index (κ1) is 17.1. The third-order valence-electron chi connectivity index (χ3n) is 5.13. The van der Waals surface area contributed by atoms with Crippen LogP contribution in [0.1, 0.15) is 33.6 Å². The molecule has 28 heavy (non-hydrogen) atoms. The molecule has 2 N–H and O–H groups in total. The highest BCUT2D eigenvalue weighted by Crippen LogP contribution is 2.43. The lowest BCUT2D eigenvalue weighted by Gasteiger charge is -2.12. The van der Waals surface area contributed by atoms with Gasteiger partial charge < -0.3 is 10.3 Å². The van der Waals surface area contributed by atoms with E-state index in [4.69, 9.17) is 4.98 Å². The zero-order chi connectivity index (χ0) is 19.1. The number of halogens is 1. The number of aromatic nitrogens is 2. The molecule has 1 aliphatic carbocycles. The van der Waals surface area contributed by atoms with Crippen molar-refractivity contribution < 1.29 is 9.18 Å². The Balaban J connectivity index is 1.58. The summed E-state index contributed by atoms with van der Waals surface area (Å²) in [7, 11) is 0. The molecule has 2 aromatic carbocycles. The van der Waals surface area contributed by atoms with Crippen molar-refractivity contribution in [1.29, 1.82) is 0 Å². The van der Waals surface area contributed by atoms with E-state index in [0.717, 1.165) is 46.7 Å². The zero-order valence-corrected chi connectivity index (χ0v) is 15.9. The number of para-hydroxylation sites is 2. The first-order chi connectivity index (χ1) is 13.7. The largest absolute Gasteiger partial charge is 0.338 e.